The van der Waals surface area contributed by atoms with E-state index in [0.29, 0.717) is 36.4 Å². The summed E-state index contributed by atoms with van der Waals surface area (Å²) in [4.78, 5) is 4.07. The summed E-state index contributed by atoms with van der Waals surface area (Å²) in [7, 11) is 0. The Morgan fingerprint density at radius 1 is 1.43 bits per heavy atom. The smallest absolute Gasteiger partial charge is 0.215 e. The zero-order valence-corrected chi connectivity index (χ0v) is 14.3. The van der Waals surface area contributed by atoms with Crippen molar-refractivity contribution in [2.75, 3.05) is 19.8 Å². The topological polar surface area (TPSA) is 45.5 Å². The molecule has 1 aliphatic rings. The quantitative estimate of drug-likeness (QED) is 0.794. The number of hydrogen-bond acceptors (Lipinski definition) is 4. The van der Waals surface area contributed by atoms with Crippen LogP contribution in [0.4, 0.5) is 0 Å². The molecule has 2 atom stereocenters. The third-order valence-corrected chi connectivity index (χ3v) is 4.21. The second-order valence-electron chi connectivity index (χ2n) is 5.32. The maximum absolute atomic E-state index is 6.39. The molecule has 1 aromatic carbocycles. The van der Waals surface area contributed by atoms with Crippen LogP contribution in [0, 0.1) is 0 Å². The minimum Gasteiger partial charge on any atom is -0.379 e. The van der Waals surface area contributed by atoms with Crippen LogP contribution < -0.4 is 0 Å². The SMILES string of the molecule is CCOCC1COC(Cn2ccnc2)(c2ccc(Cl)cc2Cl)O1. The van der Waals surface area contributed by atoms with Crippen molar-refractivity contribution in [2.45, 2.75) is 25.4 Å². The molecular weight excluding hydrogens is 339 g/mol. The van der Waals surface area contributed by atoms with Crippen LogP contribution in [-0.4, -0.2) is 35.5 Å². The fraction of sp³-hybridized carbons (Fsp3) is 0.438. The predicted octanol–water partition coefficient (Wildman–Crippen LogP) is 3.49. The number of ether oxygens (including phenoxy) is 3. The molecule has 5 nitrogen and oxygen atoms in total. The molecule has 1 saturated heterocycles. The fourth-order valence-corrected chi connectivity index (χ4v) is 3.18. The van der Waals surface area contributed by atoms with Crippen LogP contribution in [0.2, 0.25) is 10.0 Å². The van der Waals surface area contributed by atoms with Gasteiger partial charge in [-0.2, -0.15) is 0 Å². The molecule has 1 aliphatic heterocycles. The molecule has 0 N–H and O–H groups in total. The Morgan fingerprint density at radius 2 is 2.30 bits per heavy atom. The van der Waals surface area contributed by atoms with Gasteiger partial charge in [0, 0.05) is 29.6 Å². The largest absolute Gasteiger partial charge is 0.379 e. The molecule has 0 amide bonds. The normalized spacial score (nSPS) is 24.2. The Labute approximate surface area is 145 Å². The van der Waals surface area contributed by atoms with Gasteiger partial charge in [0.25, 0.3) is 0 Å². The van der Waals surface area contributed by atoms with E-state index < -0.39 is 5.79 Å². The predicted molar refractivity (Wildman–Crippen MR) is 87.7 cm³/mol. The van der Waals surface area contributed by atoms with E-state index in [1.807, 2.05) is 23.8 Å². The van der Waals surface area contributed by atoms with E-state index in [9.17, 15) is 0 Å². The van der Waals surface area contributed by atoms with Crippen molar-refractivity contribution in [1.82, 2.24) is 9.55 Å². The van der Waals surface area contributed by atoms with Crippen molar-refractivity contribution in [3.8, 4) is 0 Å². The third kappa shape index (κ3) is 3.70. The average molecular weight is 357 g/mol. The number of halogens is 2. The first kappa shape index (κ1) is 16.7. The van der Waals surface area contributed by atoms with Crippen molar-refractivity contribution in [3.05, 3.63) is 52.5 Å². The van der Waals surface area contributed by atoms with E-state index in [-0.39, 0.29) is 6.10 Å². The summed E-state index contributed by atoms with van der Waals surface area (Å²) >= 11 is 12.4. The molecule has 1 fully saturated rings. The van der Waals surface area contributed by atoms with Gasteiger partial charge in [-0.1, -0.05) is 29.3 Å². The van der Waals surface area contributed by atoms with Gasteiger partial charge in [-0.3, -0.25) is 0 Å². The Morgan fingerprint density at radius 3 is 3.00 bits per heavy atom. The number of aromatic nitrogens is 2. The van der Waals surface area contributed by atoms with Crippen molar-refractivity contribution in [1.29, 1.82) is 0 Å². The van der Waals surface area contributed by atoms with Crippen molar-refractivity contribution < 1.29 is 14.2 Å². The van der Waals surface area contributed by atoms with Gasteiger partial charge in [0.15, 0.2) is 0 Å². The average Bonchev–Trinajstić information content (AvgIpc) is 3.16. The second-order valence-corrected chi connectivity index (χ2v) is 6.17. The van der Waals surface area contributed by atoms with Crippen LogP contribution in [0.15, 0.2) is 36.9 Å². The van der Waals surface area contributed by atoms with Crippen LogP contribution in [0.3, 0.4) is 0 Å². The zero-order valence-electron chi connectivity index (χ0n) is 12.7. The summed E-state index contributed by atoms with van der Waals surface area (Å²) < 4.78 is 19.6. The fourth-order valence-electron chi connectivity index (χ4n) is 2.62. The molecule has 2 aromatic rings. The van der Waals surface area contributed by atoms with Crippen molar-refractivity contribution >= 4 is 23.2 Å². The standard InChI is InChI=1S/C16H18Cl2N2O3/c1-2-21-8-13-9-22-16(23-13,10-20-6-5-19-11-20)14-4-3-12(17)7-15(14)18/h3-7,11,13H,2,8-10H2,1H3. The van der Waals surface area contributed by atoms with Gasteiger partial charge >= 0.3 is 0 Å². The molecule has 0 bridgehead atoms. The highest BCUT2D eigenvalue weighted by Crippen LogP contribution is 2.40. The van der Waals surface area contributed by atoms with Crippen LogP contribution >= 0.6 is 23.2 Å². The molecule has 7 heteroatoms. The molecule has 0 aliphatic carbocycles. The Balaban J connectivity index is 1.91. The number of imidazole rings is 1. The summed E-state index contributed by atoms with van der Waals surface area (Å²) in [5.41, 5.74) is 0.747. The number of nitrogens with zero attached hydrogens (tertiary/aromatic N) is 2. The van der Waals surface area contributed by atoms with Gasteiger partial charge in [0.1, 0.15) is 6.10 Å². The first-order valence-corrected chi connectivity index (χ1v) is 8.19. The molecule has 0 spiro atoms. The highest BCUT2D eigenvalue weighted by Gasteiger charge is 2.45. The minimum atomic E-state index is -0.982. The van der Waals surface area contributed by atoms with E-state index >= 15 is 0 Å². The summed E-state index contributed by atoms with van der Waals surface area (Å²) in [6, 6.07) is 5.31. The maximum atomic E-state index is 6.39. The van der Waals surface area contributed by atoms with Crippen molar-refractivity contribution in [2.24, 2.45) is 0 Å². The molecule has 124 valence electrons. The summed E-state index contributed by atoms with van der Waals surface area (Å²) in [5.74, 6) is -0.982. The lowest BCUT2D eigenvalue weighted by Crippen LogP contribution is -2.34. The number of rotatable bonds is 6. The Kier molecular flexibility index (Phi) is 5.24. The van der Waals surface area contributed by atoms with E-state index in [1.165, 1.54) is 0 Å². The van der Waals surface area contributed by atoms with Gasteiger partial charge in [-0.05, 0) is 19.1 Å². The molecule has 2 heterocycles. The first-order valence-electron chi connectivity index (χ1n) is 7.44. The minimum absolute atomic E-state index is 0.148. The summed E-state index contributed by atoms with van der Waals surface area (Å²) in [6.07, 6.45) is 5.14. The van der Waals surface area contributed by atoms with E-state index in [4.69, 9.17) is 37.4 Å². The maximum Gasteiger partial charge on any atom is 0.215 e. The Hall–Kier alpha value is -1.11. The molecule has 1 aromatic heterocycles. The molecular formula is C16H18Cl2N2O3. The third-order valence-electron chi connectivity index (χ3n) is 3.66. The monoisotopic (exact) mass is 356 g/mol. The molecule has 0 radical (unpaired) electrons. The van der Waals surface area contributed by atoms with E-state index in [1.54, 1.807) is 24.7 Å². The lowest BCUT2D eigenvalue weighted by atomic mass is 10.1. The van der Waals surface area contributed by atoms with Crippen LogP contribution in [0.25, 0.3) is 0 Å². The highest BCUT2D eigenvalue weighted by atomic mass is 35.5. The Bertz CT molecular complexity index is 651. The number of hydrogen-bond donors (Lipinski definition) is 0. The van der Waals surface area contributed by atoms with Crippen LogP contribution in [-0.2, 0) is 26.5 Å². The van der Waals surface area contributed by atoms with Crippen LogP contribution in [0.1, 0.15) is 12.5 Å². The van der Waals surface area contributed by atoms with Crippen molar-refractivity contribution in [3.63, 3.8) is 0 Å². The summed E-state index contributed by atoms with van der Waals surface area (Å²) in [6.45, 7) is 3.94. The first-order chi connectivity index (χ1) is 11.1. The van der Waals surface area contributed by atoms with E-state index in [0.717, 1.165) is 5.56 Å². The van der Waals surface area contributed by atoms with Gasteiger partial charge in [0.05, 0.1) is 31.1 Å². The van der Waals surface area contributed by atoms with E-state index in [2.05, 4.69) is 4.98 Å². The van der Waals surface area contributed by atoms with Crippen LogP contribution in [0.5, 0.6) is 0 Å². The number of benzene rings is 1. The lowest BCUT2D eigenvalue weighted by Gasteiger charge is -2.30. The summed E-state index contributed by atoms with van der Waals surface area (Å²) in [5, 5.41) is 1.08. The molecule has 23 heavy (non-hydrogen) atoms. The highest BCUT2D eigenvalue weighted by molar-refractivity contribution is 6.35. The molecule has 3 rings (SSSR count). The lowest BCUT2D eigenvalue weighted by molar-refractivity contribution is -0.191. The molecule has 0 saturated carbocycles. The molecule has 2 unspecified atom stereocenters. The second kappa shape index (κ2) is 7.20. The van der Waals surface area contributed by atoms with Gasteiger partial charge in [-0.25, -0.2) is 4.98 Å². The van der Waals surface area contributed by atoms with Gasteiger partial charge in [-0.15, -0.1) is 0 Å². The van der Waals surface area contributed by atoms with Gasteiger partial charge in [0.2, 0.25) is 5.79 Å². The zero-order chi connectivity index (χ0) is 16.3. The van der Waals surface area contributed by atoms with Gasteiger partial charge < -0.3 is 18.8 Å².